The summed E-state index contributed by atoms with van der Waals surface area (Å²) in [6.45, 7) is 0. The second-order valence-electron chi connectivity index (χ2n) is 14.8. The van der Waals surface area contributed by atoms with Gasteiger partial charge in [-0.05, 0) is 100 Å². The van der Waals surface area contributed by atoms with Gasteiger partial charge < -0.3 is 18.0 Å². The van der Waals surface area contributed by atoms with E-state index in [0.717, 1.165) is 65.6 Å². The Labute approximate surface area is 318 Å². The normalized spacial score (nSPS) is 12.3. The molecule has 0 atom stereocenters. The summed E-state index contributed by atoms with van der Waals surface area (Å²) < 4.78 is 18.1. The van der Waals surface area contributed by atoms with Crippen molar-refractivity contribution in [3.05, 3.63) is 169 Å². The number of fused-ring (bicyclic) bond motifs is 15. The summed E-state index contributed by atoms with van der Waals surface area (Å²) in [6.07, 6.45) is 0. The van der Waals surface area contributed by atoms with Crippen LogP contribution in [0.4, 0.5) is 0 Å². The van der Waals surface area contributed by atoms with Crippen LogP contribution in [0.25, 0.3) is 120 Å². The molecule has 9 aromatic carbocycles. The first-order chi connectivity index (χ1) is 27.7. The van der Waals surface area contributed by atoms with Gasteiger partial charge in [-0.15, -0.1) is 0 Å². The van der Waals surface area contributed by atoms with Crippen molar-refractivity contribution in [3.8, 4) is 17.4 Å². The van der Waals surface area contributed by atoms with Gasteiger partial charge in [0.25, 0.3) is 0 Å². The highest BCUT2D eigenvalue weighted by Gasteiger charge is 2.22. The molecule has 0 saturated carbocycles. The molecule has 0 fully saturated rings. The highest BCUT2D eigenvalue weighted by molar-refractivity contribution is 6.23. The van der Waals surface area contributed by atoms with Crippen molar-refractivity contribution in [2.45, 2.75) is 0 Å². The number of rotatable bonds is 2. The summed E-state index contributed by atoms with van der Waals surface area (Å²) in [5.74, 6) is 0. The van der Waals surface area contributed by atoms with E-state index in [1.54, 1.807) is 0 Å². The third-order valence-electron chi connectivity index (χ3n) is 11.9. The molecule has 0 bridgehead atoms. The van der Waals surface area contributed by atoms with Crippen LogP contribution in [0.15, 0.2) is 173 Å². The molecule has 5 nitrogen and oxygen atoms in total. The maximum Gasteiger partial charge on any atom is 0.179 e. The number of para-hydroxylation sites is 4. The summed E-state index contributed by atoms with van der Waals surface area (Å²) in [5.41, 5.74) is 10.1. The number of nitriles is 1. The van der Waals surface area contributed by atoms with Crippen molar-refractivity contribution < 1.29 is 8.83 Å². The van der Waals surface area contributed by atoms with E-state index in [2.05, 4.69) is 173 Å². The first-order valence-corrected chi connectivity index (χ1v) is 18.8. The quantitative estimate of drug-likeness (QED) is 0.179. The molecule has 0 N–H and O–H groups in total. The molecule has 13 rings (SSSR count). The van der Waals surface area contributed by atoms with E-state index in [1.807, 2.05) is 6.07 Å². The van der Waals surface area contributed by atoms with Crippen LogP contribution in [0.2, 0.25) is 0 Å². The lowest BCUT2D eigenvalue weighted by molar-refractivity contribution is 0.634. The van der Waals surface area contributed by atoms with E-state index in [0.29, 0.717) is 16.7 Å². The van der Waals surface area contributed by atoms with Gasteiger partial charge in [0.05, 0.1) is 33.7 Å². The molecule has 0 aliphatic carbocycles. The molecule has 0 aliphatic heterocycles. The van der Waals surface area contributed by atoms with Gasteiger partial charge in [0, 0.05) is 54.5 Å². The Morgan fingerprint density at radius 3 is 1.32 bits per heavy atom. The number of nitrogens with zero attached hydrogens (tertiary/aromatic N) is 3. The van der Waals surface area contributed by atoms with Crippen molar-refractivity contribution in [2.75, 3.05) is 0 Å². The Morgan fingerprint density at radius 2 is 0.821 bits per heavy atom. The maximum absolute atomic E-state index is 10.5. The first kappa shape index (κ1) is 29.6. The average Bonchev–Trinajstić information content (AvgIpc) is 3.99. The molecule has 0 amide bonds. The fourth-order valence-electron chi connectivity index (χ4n) is 9.40. The fraction of sp³-hybridized carbons (Fsp3) is 0. The van der Waals surface area contributed by atoms with Gasteiger partial charge in [0.2, 0.25) is 0 Å². The zero-order valence-electron chi connectivity index (χ0n) is 29.7. The van der Waals surface area contributed by atoms with Crippen LogP contribution in [0.1, 0.15) is 5.56 Å². The molecular formula is C51H27N3O2. The topological polar surface area (TPSA) is 59.9 Å². The van der Waals surface area contributed by atoms with E-state index < -0.39 is 0 Å². The Bertz CT molecular complexity index is 3800. The monoisotopic (exact) mass is 713 g/mol. The number of benzene rings is 9. The zero-order chi connectivity index (χ0) is 36.6. The third-order valence-corrected chi connectivity index (χ3v) is 11.9. The molecule has 0 aliphatic rings. The highest BCUT2D eigenvalue weighted by Crippen LogP contribution is 2.43. The Hall–Kier alpha value is -7.81. The minimum Gasteiger partial charge on any atom is -0.452 e. The maximum atomic E-state index is 10.5. The number of hydrogen-bond acceptors (Lipinski definition) is 3. The van der Waals surface area contributed by atoms with Gasteiger partial charge in [0.15, 0.2) is 11.2 Å². The average molecular weight is 714 g/mol. The Kier molecular flexibility index (Phi) is 5.64. The molecule has 0 unspecified atom stereocenters. The van der Waals surface area contributed by atoms with E-state index >= 15 is 0 Å². The predicted octanol–water partition coefficient (Wildman–Crippen LogP) is 13.9. The van der Waals surface area contributed by atoms with Crippen molar-refractivity contribution in [3.63, 3.8) is 0 Å². The largest absolute Gasteiger partial charge is 0.452 e. The molecule has 4 aromatic heterocycles. The lowest BCUT2D eigenvalue weighted by atomic mass is 10.00. The Morgan fingerprint density at radius 1 is 0.375 bits per heavy atom. The summed E-state index contributed by atoms with van der Waals surface area (Å²) in [5, 5.41) is 23.2. The van der Waals surface area contributed by atoms with E-state index in [4.69, 9.17) is 8.83 Å². The second kappa shape index (κ2) is 10.7. The van der Waals surface area contributed by atoms with E-state index in [9.17, 15) is 5.26 Å². The van der Waals surface area contributed by atoms with Crippen LogP contribution < -0.4 is 0 Å². The zero-order valence-corrected chi connectivity index (χ0v) is 29.7. The van der Waals surface area contributed by atoms with E-state index in [1.165, 1.54) is 43.6 Å². The first-order valence-electron chi connectivity index (χ1n) is 18.8. The molecule has 0 saturated heterocycles. The summed E-state index contributed by atoms with van der Waals surface area (Å²) in [7, 11) is 0. The summed E-state index contributed by atoms with van der Waals surface area (Å²) >= 11 is 0. The smallest absolute Gasteiger partial charge is 0.179 e. The van der Waals surface area contributed by atoms with Crippen LogP contribution in [-0.4, -0.2) is 9.13 Å². The molecule has 0 spiro atoms. The minimum atomic E-state index is 0.567. The molecule has 258 valence electrons. The number of aromatic nitrogens is 2. The minimum absolute atomic E-state index is 0.567. The van der Waals surface area contributed by atoms with Gasteiger partial charge in [-0.1, -0.05) is 84.9 Å². The standard InChI is InChI=1S/C51H27N3O2/c52-28-33-25-41-40-23-29-17-19-34(53-43-13-5-1-9-36(43)37-10-2-6-14-44(37)53)21-31(29)26-47(40)55-50(41)51-49(33)42-24-30-18-20-35(22-32(30)27-48(42)56-51)54-45-15-7-3-11-38(45)39-12-4-8-16-46(39)54/h1-27H. The SMILES string of the molecule is N#Cc1cc2c3cc4ccc(-n5c6ccccc6c6ccccc65)cc4cc3oc2c2oc3cc4cc(-n5c6ccccc6c6ccccc65)ccc4cc3c12. The van der Waals surface area contributed by atoms with Gasteiger partial charge in [0.1, 0.15) is 11.2 Å². The van der Waals surface area contributed by atoms with Crippen molar-refractivity contribution in [1.29, 1.82) is 5.26 Å². The molecule has 56 heavy (non-hydrogen) atoms. The fourth-order valence-corrected chi connectivity index (χ4v) is 9.40. The van der Waals surface area contributed by atoms with Gasteiger partial charge in [-0.25, -0.2) is 0 Å². The summed E-state index contributed by atoms with van der Waals surface area (Å²) in [4.78, 5) is 0. The third kappa shape index (κ3) is 3.87. The second-order valence-corrected chi connectivity index (χ2v) is 14.8. The van der Waals surface area contributed by atoms with Crippen molar-refractivity contribution in [2.24, 2.45) is 0 Å². The lowest BCUT2D eigenvalue weighted by Crippen LogP contribution is -1.93. The Balaban J connectivity index is 1.00. The number of hydrogen-bond donors (Lipinski definition) is 0. The van der Waals surface area contributed by atoms with Crippen LogP contribution >= 0.6 is 0 Å². The lowest BCUT2D eigenvalue weighted by Gasteiger charge is -2.09. The molecule has 5 heteroatoms. The molecule has 13 aromatic rings. The molecule has 0 radical (unpaired) electrons. The van der Waals surface area contributed by atoms with Crippen LogP contribution in [0.3, 0.4) is 0 Å². The van der Waals surface area contributed by atoms with Gasteiger partial charge >= 0.3 is 0 Å². The van der Waals surface area contributed by atoms with Gasteiger partial charge in [-0.2, -0.15) is 5.26 Å². The molecule has 4 heterocycles. The van der Waals surface area contributed by atoms with Crippen LogP contribution in [0.5, 0.6) is 0 Å². The van der Waals surface area contributed by atoms with Crippen LogP contribution in [0, 0.1) is 11.3 Å². The van der Waals surface area contributed by atoms with Crippen molar-refractivity contribution >= 4 is 109 Å². The highest BCUT2D eigenvalue weighted by atomic mass is 16.4. The summed E-state index contributed by atoms with van der Waals surface area (Å²) in [6, 6.07) is 60.4. The molecular weight excluding hydrogens is 687 g/mol. The van der Waals surface area contributed by atoms with Crippen LogP contribution in [-0.2, 0) is 0 Å². The number of furan rings is 2. The van der Waals surface area contributed by atoms with E-state index in [-0.39, 0.29) is 0 Å². The van der Waals surface area contributed by atoms with Gasteiger partial charge in [-0.3, -0.25) is 0 Å². The van der Waals surface area contributed by atoms with Crippen molar-refractivity contribution in [1.82, 2.24) is 9.13 Å². The predicted molar refractivity (Wildman–Crippen MR) is 229 cm³/mol.